The molecule has 0 unspecified atom stereocenters. The predicted octanol–water partition coefficient (Wildman–Crippen LogP) is 5.12. The van der Waals surface area contributed by atoms with Crippen molar-refractivity contribution in [3.8, 4) is 11.3 Å². The van der Waals surface area contributed by atoms with Crippen LogP contribution in [-0.4, -0.2) is 30.8 Å². The Kier molecular flexibility index (Phi) is 5.75. The molecule has 1 aliphatic heterocycles. The molecule has 4 rings (SSSR count). The maximum atomic E-state index is 12.9. The lowest BCUT2D eigenvalue weighted by molar-refractivity contribution is 0.424. The molecule has 1 fully saturated rings. The third kappa shape index (κ3) is 4.27. The molecule has 0 radical (unpaired) electrons. The minimum Gasteiger partial charge on any atom is -0.332 e. The van der Waals surface area contributed by atoms with E-state index in [-0.39, 0.29) is 0 Å². The van der Waals surface area contributed by atoms with Crippen molar-refractivity contribution in [1.82, 2.24) is 9.29 Å². The quantitative estimate of drug-likeness (QED) is 0.631. The highest BCUT2D eigenvalue weighted by Gasteiger charge is 2.24. The average molecular weight is 414 g/mol. The van der Waals surface area contributed by atoms with Crippen LogP contribution >= 0.6 is 11.3 Å². The molecule has 28 heavy (non-hydrogen) atoms. The molecule has 2 heterocycles. The summed E-state index contributed by atoms with van der Waals surface area (Å²) in [5.74, 6) is 0. The van der Waals surface area contributed by atoms with E-state index in [0.29, 0.717) is 18.0 Å². The van der Waals surface area contributed by atoms with Crippen LogP contribution < -0.4 is 5.32 Å². The predicted molar refractivity (Wildman–Crippen MR) is 115 cm³/mol. The Labute approximate surface area is 170 Å². The summed E-state index contributed by atoms with van der Waals surface area (Å²) in [7, 11) is -3.41. The van der Waals surface area contributed by atoms with E-state index in [4.69, 9.17) is 0 Å². The molecule has 0 atom stereocenters. The number of rotatable bonds is 5. The SMILES string of the molecule is O=S(=O)(c1ccc(Nc2nc(-c3ccccc3)cs2)cc1)N1CCCCCC1. The van der Waals surface area contributed by atoms with Gasteiger partial charge >= 0.3 is 0 Å². The summed E-state index contributed by atoms with van der Waals surface area (Å²) in [6.45, 7) is 1.23. The van der Waals surface area contributed by atoms with Gasteiger partial charge in [0.2, 0.25) is 10.0 Å². The molecule has 0 spiro atoms. The summed E-state index contributed by atoms with van der Waals surface area (Å²) in [6.07, 6.45) is 4.08. The molecular weight excluding hydrogens is 390 g/mol. The van der Waals surface area contributed by atoms with Crippen LogP contribution in [0.1, 0.15) is 25.7 Å². The van der Waals surface area contributed by atoms with Gasteiger partial charge in [0.15, 0.2) is 5.13 Å². The second kappa shape index (κ2) is 8.43. The summed E-state index contributed by atoms with van der Waals surface area (Å²) < 4.78 is 27.4. The van der Waals surface area contributed by atoms with Gasteiger partial charge in [-0.3, -0.25) is 0 Å². The molecule has 2 aromatic carbocycles. The molecule has 0 bridgehead atoms. The number of hydrogen-bond donors (Lipinski definition) is 1. The van der Waals surface area contributed by atoms with Gasteiger partial charge in [-0.15, -0.1) is 11.3 Å². The number of anilines is 2. The second-order valence-electron chi connectivity index (χ2n) is 6.87. The Bertz CT molecular complexity index is 1010. The molecule has 1 aromatic heterocycles. The summed E-state index contributed by atoms with van der Waals surface area (Å²) in [4.78, 5) is 4.96. The van der Waals surface area contributed by atoms with Crippen LogP contribution in [0.25, 0.3) is 11.3 Å². The minimum atomic E-state index is -3.41. The zero-order valence-corrected chi connectivity index (χ0v) is 17.2. The van der Waals surface area contributed by atoms with E-state index in [0.717, 1.165) is 47.8 Å². The van der Waals surface area contributed by atoms with Gasteiger partial charge < -0.3 is 5.32 Å². The monoisotopic (exact) mass is 413 g/mol. The van der Waals surface area contributed by atoms with Gasteiger partial charge in [-0.2, -0.15) is 4.31 Å². The van der Waals surface area contributed by atoms with Crippen molar-refractivity contribution in [1.29, 1.82) is 0 Å². The van der Waals surface area contributed by atoms with E-state index < -0.39 is 10.0 Å². The van der Waals surface area contributed by atoms with Gasteiger partial charge in [0.05, 0.1) is 10.6 Å². The largest absolute Gasteiger partial charge is 0.332 e. The summed E-state index contributed by atoms with van der Waals surface area (Å²) >= 11 is 1.53. The molecule has 1 aliphatic rings. The third-order valence-electron chi connectivity index (χ3n) is 4.88. The summed E-state index contributed by atoms with van der Waals surface area (Å²) in [5.41, 5.74) is 2.82. The number of thiazole rings is 1. The number of benzene rings is 2. The number of nitrogens with zero attached hydrogens (tertiary/aromatic N) is 2. The van der Waals surface area contributed by atoms with Crippen LogP contribution in [0.15, 0.2) is 64.9 Å². The molecular formula is C21H23N3O2S2. The van der Waals surface area contributed by atoms with Gasteiger partial charge in [-0.05, 0) is 37.1 Å². The summed E-state index contributed by atoms with van der Waals surface area (Å²) in [6, 6.07) is 17.0. The highest BCUT2D eigenvalue weighted by molar-refractivity contribution is 7.89. The first kappa shape index (κ1) is 19.1. The number of nitrogens with one attached hydrogen (secondary N) is 1. The van der Waals surface area contributed by atoms with E-state index in [9.17, 15) is 8.42 Å². The Morgan fingerprint density at radius 1 is 0.893 bits per heavy atom. The van der Waals surface area contributed by atoms with Crippen molar-refractivity contribution in [3.05, 3.63) is 60.0 Å². The molecule has 0 amide bonds. The van der Waals surface area contributed by atoms with Crippen LogP contribution in [0.2, 0.25) is 0 Å². The average Bonchev–Trinajstić information content (AvgIpc) is 3.00. The van der Waals surface area contributed by atoms with Crippen molar-refractivity contribution in [2.45, 2.75) is 30.6 Å². The second-order valence-corrected chi connectivity index (χ2v) is 9.67. The standard InChI is InChI=1S/C21H23N3O2S2/c25-28(26,24-14-6-1-2-7-15-24)19-12-10-18(11-13-19)22-21-23-20(16-27-21)17-8-4-3-5-9-17/h3-5,8-13,16H,1-2,6-7,14-15H2,(H,22,23). The molecule has 146 valence electrons. The van der Waals surface area contributed by atoms with Crippen molar-refractivity contribution < 1.29 is 8.42 Å². The van der Waals surface area contributed by atoms with Crippen LogP contribution in [0.5, 0.6) is 0 Å². The fourth-order valence-corrected chi connectivity index (χ4v) is 5.59. The Morgan fingerprint density at radius 3 is 2.25 bits per heavy atom. The van der Waals surface area contributed by atoms with Crippen molar-refractivity contribution >= 4 is 32.2 Å². The lowest BCUT2D eigenvalue weighted by Gasteiger charge is -2.20. The lowest BCUT2D eigenvalue weighted by atomic mass is 10.2. The summed E-state index contributed by atoms with van der Waals surface area (Å²) in [5, 5.41) is 6.05. The highest BCUT2D eigenvalue weighted by Crippen LogP contribution is 2.28. The molecule has 0 saturated carbocycles. The van der Waals surface area contributed by atoms with E-state index >= 15 is 0 Å². The van der Waals surface area contributed by atoms with Crippen LogP contribution in [0.4, 0.5) is 10.8 Å². The smallest absolute Gasteiger partial charge is 0.243 e. The van der Waals surface area contributed by atoms with Crippen LogP contribution in [-0.2, 0) is 10.0 Å². The Morgan fingerprint density at radius 2 is 1.57 bits per heavy atom. The molecule has 0 aliphatic carbocycles. The first-order valence-corrected chi connectivity index (χ1v) is 11.8. The third-order valence-corrected chi connectivity index (χ3v) is 7.55. The highest BCUT2D eigenvalue weighted by atomic mass is 32.2. The number of hydrogen-bond acceptors (Lipinski definition) is 5. The zero-order valence-electron chi connectivity index (χ0n) is 15.5. The van der Waals surface area contributed by atoms with Crippen LogP contribution in [0, 0.1) is 0 Å². The van der Waals surface area contributed by atoms with E-state index in [2.05, 4.69) is 10.3 Å². The zero-order chi connectivity index (χ0) is 19.4. The number of sulfonamides is 1. The first-order valence-electron chi connectivity index (χ1n) is 9.51. The Hall–Kier alpha value is -2.22. The molecule has 7 heteroatoms. The van der Waals surface area contributed by atoms with Crippen molar-refractivity contribution in [2.75, 3.05) is 18.4 Å². The van der Waals surface area contributed by atoms with Crippen LogP contribution in [0.3, 0.4) is 0 Å². The maximum Gasteiger partial charge on any atom is 0.243 e. The van der Waals surface area contributed by atoms with E-state index in [1.165, 1.54) is 11.3 Å². The molecule has 1 N–H and O–H groups in total. The van der Waals surface area contributed by atoms with Gasteiger partial charge in [-0.1, -0.05) is 43.2 Å². The number of aromatic nitrogens is 1. The van der Waals surface area contributed by atoms with Gasteiger partial charge in [0, 0.05) is 29.7 Å². The first-order chi connectivity index (χ1) is 13.6. The van der Waals surface area contributed by atoms with E-state index in [1.807, 2.05) is 35.7 Å². The fraction of sp³-hybridized carbons (Fsp3) is 0.286. The normalized spacial score (nSPS) is 15.9. The lowest BCUT2D eigenvalue weighted by Crippen LogP contribution is -2.31. The minimum absolute atomic E-state index is 0.351. The van der Waals surface area contributed by atoms with E-state index in [1.54, 1.807) is 28.6 Å². The van der Waals surface area contributed by atoms with Crippen molar-refractivity contribution in [2.24, 2.45) is 0 Å². The Balaban J connectivity index is 1.47. The van der Waals surface area contributed by atoms with Gasteiger partial charge in [0.1, 0.15) is 0 Å². The van der Waals surface area contributed by atoms with Crippen molar-refractivity contribution in [3.63, 3.8) is 0 Å². The molecule has 3 aromatic rings. The fourth-order valence-electron chi connectivity index (χ4n) is 3.34. The molecule has 5 nitrogen and oxygen atoms in total. The topological polar surface area (TPSA) is 62.3 Å². The molecule has 1 saturated heterocycles. The maximum absolute atomic E-state index is 12.9. The van der Waals surface area contributed by atoms with Gasteiger partial charge in [-0.25, -0.2) is 13.4 Å². The van der Waals surface area contributed by atoms with Gasteiger partial charge in [0.25, 0.3) is 0 Å².